The summed E-state index contributed by atoms with van der Waals surface area (Å²) in [5.41, 5.74) is 0. The van der Waals surface area contributed by atoms with E-state index in [0.717, 1.165) is 70.6 Å². The quantitative estimate of drug-likeness (QED) is 0.0206. The summed E-state index contributed by atoms with van der Waals surface area (Å²) in [6.45, 7) is 4.40. The third-order valence-electron chi connectivity index (χ3n) is 8.81. The number of ether oxygens (including phenoxy) is 3. The summed E-state index contributed by atoms with van der Waals surface area (Å²) in [5, 5.41) is 11.6. The molecule has 0 heterocycles. The second-order valence-electron chi connectivity index (χ2n) is 14.9. The molecule has 0 N–H and O–H groups in total. The van der Waals surface area contributed by atoms with Gasteiger partial charge in [-0.1, -0.05) is 137 Å². The molecule has 0 aliphatic heterocycles. The van der Waals surface area contributed by atoms with Crippen LogP contribution in [0.2, 0.25) is 0 Å². The molecule has 0 aromatic heterocycles. The third-order valence-corrected chi connectivity index (χ3v) is 8.81. The number of carboxylic acids is 1. The SMILES string of the molecule is CC/C=C/C/C=C/C/C=C/C/C=C/C/C=C/CCC(=O)OC(COCCC(C(=O)[O-])[N+](C)(C)C)COC(=O)CCCCCCCC/C=C/C=C/CCCCC. The van der Waals surface area contributed by atoms with Gasteiger partial charge in [0.15, 0.2) is 6.10 Å². The van der Waals surface area contributed by atoms with Gasteiger partial charge in [-0.2, -0.15) is 0 Å². The number of quaternary nitrogens is 1. The van der Waals surface area contributed by atoms with E-state index in [4.69, 9.17) is 14.2 Å². The highest BCUT2D eigenvalue weighted by Crippen LogP contribution is 2.12. The number of carbonyl (C=O) groups excluding carboxylic acids is 3. The minimum Gasteiger partial charge on any atom is -0.544 e. The Kier molecular flexibility index (Phi) is 35.1. The summed E-state index contributed by atoms with van der Waals surface area (Å²) < 4.78 is 17.0. The number of hydrogen-bond donors (Lipinski definition) is 0. The Bertz CT molecular complexity index is 1170. The minimum absolute atomic E-state index is 0.00202. The zero-order valence-corrected chi connectivity index (χ0v) is 35.3. The van der Waals surface area contributed by atoms with Crippen LogP contribution in [0.15, 0.2) is 85.1 Å². The average Bonchev–Trinajstić information content (AvgIpc) is 3.14. The topological polar surface area (TPSA) is 102 Å². The van der Waals surface area contributed by atoms with Gasteiger partial charge in [-0.25, -0.2) is 0 Å². The number of rotatable bonds is 36. The first-order chi connectivity index (χ1) is 26.6. The van der Waals surface area contributed by atoms with Gasteiger partial charge in [0.05, 0.1) is 40.3 Å². The summed E-state index contributed by atoms with van der Waals surface area (Å²) in [6, 6.07) is -0.744. The number of allylic oxidation sites excluding steroid dienone is 14. The van der Waals surface area contributed by atoms with Crippen molar-refractivity contribution < 1.29 is 38.2 Å². The number of hydrogen-bond acceptors (Lipinski definition) is 7. The number of nitrogens with zero attached hydrogens (tertiary/aromatic N) is 1. The average molecular weight is 768 g/mol. The maximum atomic E-state index is 12.7. The van der Waals surface area contributed by atoms with Gasteiger partial charge in [0, 0.05) is 19.3 Å². The molecule has 0 amide bonds. The van der Waals surface area contributed by atoms with Crippen LogP contribution >= 0.6 is 0 Å². The molecule has 0 bridgehead atoms. The van der Waals surface area contributed by atoms with E-state index in [1.165, 1.54) is 32.1 Å². The summed E-state index contributed by atoms with van der Waals surface area (Å²) in [6.07, 6.45) is 47.6. The predicted molar refractivity (Wildman–Crippen MR) is 226 cm³/mol. The molecule has 2 atom stereocenters. The van der Waals surface area contributed by atoms with E-state index in [2.05, 4.69) is 86.8 Å². The van der Waals surface area contributed by atoms with Crippen molar-refractivity contribution in [1.29, 1.82) is 0 Å². The molecule has 55 heavy (non-hydrogen) atoms. The first-order valence-electron chi connectivity index (χ1n) is 21.1. The highest BCUT2D eigenvalue weighted by molar-refractivity contribution is 5.70. The van der Waals surface area contributed by atoms with Gasteiger partial charge >= 0.3 is 11.9 Å². The van der Waals surface area contributed by atoms with E-state index in [1.807, 2.05) is 12.2 Å². The third kappa shape index (κ3) is 35.9. The van der Waals surface area contributed by atoms with Crippen molar-refractivity contribution in [2.24, 2.45) is 0 Å². The molecule has 8 heteroatoms. The van der Waals surface area contributed by atoms with Crippen LogP contribution in [0.5, 0.6) is 0 Å². The number of carbonyl (C=O) groups is 3. The molecule has 0 aromatic rings. The van der Waals surface area contributed by atoms with Crippen LogP contribution in [0.25, 0.3) is 0 Å². The fourth-order valence-electron chi connectivity index (χ4n) is 5.52. The van der Waals surface area contributed by atoms with Crippen LogP contribution in [0, 0.1) is 0 Å². The summed E-state index contributed by atoms with van der Waals surface area (Å²) in [4.78, 5) is 36.8. The predicted octanol–water partition coefficient (Wildman–Crippen LogP) is 10.0. The zero-order valence-electron chi connectivity index (χ0n) is 35.3. The van der Waals surface area contributed by atoms with Gasteiger partial charge in [-0.15, -0.1) is 0 Å². The van der Waals surface area contributed by atoms with Crippen molar-refractivity contribution in [1.82, 2.24) is 0 Å². The monoisotopic (exact) mass is 768 g/mol. The van der Waals surface area contributed by atoms with Crippen molar-refractivity contribution in [3.05, 3.63) is 85.1 Å². The molecule has 0 aromatic carbocycles. The van der Waals surface area contributed by atoms with Crippen LogP contribution < -0.4 is 5.11 Å². The van der Waals surface area contributed by atoms with Gasteiger partial charge in [-0.05, 0) is 70.6 Å². The van der Waals surface area contributed by atoms with E-state index in [1.54, 1.807) is 21.1 Å². The largest absolute Gasteiger partial charge is 0.544 e. The van der Waals surface area contributed by atoms with E-state index >= 15 is 0 Å². The Labute approximate surface area is 335 Å². The summed E-state index contributed by atoms with van der Waals surface area (Å²) in [5.74, 6) is -1.87. The number of likely N-dealkylation sites (N-methyl/N-ethyl adjacent to an activating group) is 1. The Morgan fingerprint density at radius 1 is 0.582 bits per heavy atom. The normalized spacial score (nSPS) is 13.8. The molecular weight excluding hydrogens is 691 g/mol. The van der Waals surface area contributed by atoms with E-state index in [-0.39, 0.29) is 43.1 Å². The van der Waals surface area contributed by atoms with Gasteiger partial charge in [0.25, 0.3) is 0 Å². The molecule has 2 unspecified atom stereocenters. The standard InChI is InChI=1S/C47H77NO7/c1-6-8-10-12-14-16-18-20-22-24-26-28-30-32-34-36-38-46(50)55-43(41-53-40-39-44(47(51)52)48(3,4)5)42-54-45(49)37-35-33-31-29-27-25-23-21-19-17-15-13-11-9-7-2/h8,10,14-17,19-22,26,28,32,34,43-44H,6-7,9,11-13,18,23-25,27,29-31,33,35-42H2,1-5H3/b10-8+,16-14+,17-15+,21-19+,22-20+,28-26+,34-32+. The molecule has 0 fully saturated rings. The highest BCUT2D eigenvalue weighted by atomic mass is 16.6. The van der Waals surface area contributed by atoms with Crippen LogP contribution in [0.4, 0.5) is 0 Å². The molecule has 0 spiro atoms. The minimum atomic E-state index is -1.14. The maximum absolute atomic E-state index is 12.7. The van der Waals surface area contributed by atoms with Crippen LogP contribution in [-0.4, -0.2) is 75.5 Å². The van der Waals surface area contributed by atoms with E-state index in [9.17, 15) is 19.5 Å². The van der Waals surface area contributed by atoms with Gasteiger partial charge in [0.2, 0.25) is 0 Å². The maximum Gasteiger partial charge on any atom is 0.306 e. The van der Waals surface area contributed by atoms with Gasteiger partial charge < -0.3 is 28.6 Å². The fourth-order valence-corrected chi connectivity index (χ4v) is 5.52. The number of aliphatic carboxylic acids is 1. The van der Waals surface area contributed by atoms with E-state index < -0.39 is 24.1 Å². The highest BCUT2D eigenvalue weighted by Gasteiger charge is 2.25. The molecule has 0 aliphatic carbocycles. The lowest BCUT2D eigenvalue weighted by Gasteiger charge is -2.34. The molecule has 8 nitrogen and oxygen atoms in total. The summed E-state index contributed by atoms with van der Waals surface area (Å²) >= 11 is 0. The molecule has 0 saturated carbocycles. The van der Waals surface area contributed by atoms with Crippen LogP contribution in [-0.2, 0) is 28.6 Å². The summed E-state index contributed by atoms with van der Waals surface area (Å²) in [7, 11) is 5.36. The van der Waals surface area contributed by atoms with Crippen molar-refractivity contribution in [2.75, 3.05) is 41.0 Å². The second kappa shape index (κ2) is 37.4. The molecule has 0 saturated heterocycles. The number of esters is 2. The Morgan fingerprint density at radius 2 is 1.11 bits per heavy atom. The Hall–Kier alpha value is -3.49. The number of carboxylic acid groups (broad SMARTS) is 1. The Morgan fingerprint density at radius 3 is 1.65 bits per heavy atom. The lowest BCUT2D eigenvalue weighted by molar-refractivity contribution is -0.889. The first kappa shape index (κ1) is 51.5. The van der Waals surface area contributed by atoms with Crippen LogP contribution in [0.3, 0.4) is 0 Å². The van der Waals surface area contributed by atoms with Crippen LogP contribution in [0.1, 0.15) is 142 Å². The van der Waals surface area contributed by atoms with Crippen molar-refractivity contribution >= 4 is 17.9 Å². The van der Waals surface area contributed by atoms with Crippen molar-refractivity contribution in [3.63, 3.8) is 0 Å². The second-order valence-corrected chi connectivity index (χ2v) is 14.9. The van der Waals surface area contributed by atoms with Gasteiger partial charge in [0.1, 0.15) is 12.6 Å². The zero-order chi connectivity index (χ0) is 40.7. The van der Waals surface area contributed by atoms with Crippen molar-refractivity contribution in [3.8, 4) is 0 Å². The van der Waals surface area contributed by atoms with Crippen molar-refractivity contribution in [2.45, 2.75) is 154 Å². The van der Waals surface area contributed by atoms with Gasteiger partial charge in [-0.3, -0.25) is 9.59 Å². The molecule has 0 radical (unpaired) electrons. The van der Waals surface area contributed by atoms with E-state index in [0.29, 0.717) is 12.8 Å². The first-order valence-corrected chi connectivity index (χ1v) is 21.1. The molecule has 0 aliphatic rings. The fraction of sp³-hybridized carbons (Fsp3) is 0.638. The molecule has 312 valence electrons. The lowest BCUT2D eigenvalue weighted by atomic mass is 10.1. The molecule has 0 rings (SSSR count). The molecular formula is C47H77NO7. The number of unbranched alkanes of at least 4 members (excludes halogenated alkanes) is 9. The Balaban J connectivity index is 4.53. The lowest BCUT2D eigenvalue weighted by Crippen LogP contribution is -2.55. The smallest absolute Gasteiger partial charge is 0.306 e.